The molecule has 1 aromatic carbocycles. The first-order valence-electron chi connectivity index (χ1n) is 5.68. The molecular weight excluding hydrogens is 200 g/mol. The van der Waals surface area contributed by atoms with E-state index >= 15 is 0 Å². The highest BCUT2D eigenvalue weighted by Crippen LogP contribution is 2.18. The molecule has 0 aliphatic heterocycles. The van der Waals surface area contributed by atoms with Gasteiger partial charge in [-0.1, -0.05) is 12.1 Å². The first-order valence-corrected chi connectivity index (χ1v) is 5.68. The Hall–Kier alpha value is -1.06. The number of nitrogens with one attached hydrogen (secondary N) is 1. The molecule has 3 nitrogen and oxygen atoms in total. The third-order valence-electron chi connectivity index (χ3n) is 2.54. The molecule has 3 heteroatoms. The Balaban J connectivity index is 2.55. The molecule has 2 N–H and O–H groups in total. The maximum absolute atomic E-state index is 9.41. The minimum atomic E-state index is 0.252. The average molecular weight is 222 g/mol. The van der Waals surface area contributed by atoms with E-state index in [4.69, 9.17) is 0 Å². The summed E-state index contributed by atoms with van der Waals surface area (Å²) in [7, 11) is 4.13. The molecule has 1 rings (SSSR count). The number of rotatable bonds is 5. The first kappa shape index (κ1) is 13.0. The Labute approximate surface area is 98.1 Å². The number of phenols is 1. The second-order valence-electron chi connectivity index (χ2n) is 4.65. The van der Waals surface area contributed by atoms with Crippen molar-refractivity contribution in [3.05, 3.63) is 29.8 Å². The zero-order chi connectivity index (χ0) is 12.1. The fourth-order valence-electron chi connectivity index (χ4n) is 1.92. The molecule has 0 radical (unpaired) electrons. The number of nitrogens with zero attached hydrogens (tertiary/aromatic N) is 1. The Morgan fingerprint density at radius 2 is 2.00 bits per heavy atom. The number of aromatic hydroxyl groups is 1. The Morgan fingerprint density at radius 1 is 1.31 bits per heavy atom. The fourth-order valence-corrected chi connectivity index (χ4v) is 1.92. The van der Waals surface area contributed by atoms with Crippen LogP contribution in [0.5, 0.6) is 5.75 Å². The molecule has 2 unspecified atom stereocenters. The van der Waals surface area contributed by atoms with E-state index in [-0.39, 0.29) is 6.04 Å². The zero-order valence-corrected chi connectivity index (χ0v) is 10.6. The number of benzene rings is 1. The number of hydrogen-bond donors (Lipinski definition) is 2. The van der Waals surface area contributed by atoms with Gasteiger partial charge in [-0.25, -0.2) is 0 Å². The fraction of sp³-hybridized carbons (Fsp3) is 0.538. The van der Waals surface area contributed by atoms with Gasteiger partial charge in [0.05, 0.1) is 0 Å². The van der Waals surface area contributed by atoms with E-state index in [0.717, 1.165) is 12.1 Å². The monoisotopic (exact) mass is 222 g/mol. The van der Waals surface area contributed by atoms with Gasteiger partial charge in [0.1, 0.15) is 5.75 Å². The molecule has 0 amide bonds. The summed E-state index contributed by atoms with van der Waals surface area (Å²) in [6.45, 7) is 5.28. The maximum Gasteiger partial charge on any atom is 0.115 e. The van der Waals surface area contributed by atoms with Crippen LogP contribution in [0.2, 0.25) is 0 Å². The van der Waals surface area contributed by atoms with Crippen LogP contribution in [0.1, 0.15) is 25.5 Å². The van der Waals surface area contributed by atoms with Crippen molar-refractivity contribution >= 4 is 0 Å². The van der Waals surface area contributed by atoms with Gasteiger partial charge in [0, 0.05) is 18.6 Å². The maximum atomic E-state index is 9.41. The quantitative estimate of drug-likeness (QED) is 0.800. The van der Waals surface area contributed by atoms with Crippen molar-refractivity contribution in [1.29, 1.82) is 0 Å². The molecule has 1 aromatic rings. The third kappa shape index (κ3) is 4.21. The van der Waals surface area contributed by atoms with Gasteiger partial charge in [-0.3, -0.25) is 0 Å². The second-order valence-corrected chi connectivity index (χ2v) is 4.65. The normalized spacial score (nSPS) is 15.1. The van der Waals surface area contributed by atoms with Crippen molar-refractivity contribution in [3.63, 3.8) is 0 Å². The van der Waals surface area contributed by atoms with Crippen molar-refractivity contribution in [3.8, 4) is 5.75 Å². The summed E-state index contributed by atoms with van der Waals surface area (Å²) >= 11 is 0. The highest BCUT2D eigenvalue weighted by Gasteiger charge is 2.10. The van der Waals surface area contributed by atoms with Crippen LogP contribution in [-0.2, 0) is 0 Å². The second kappa shape index (κ2) is 5.87. The van der Waals surface area contributed by atoms with E-state index in [2.05, 4.69) is 38.2 Å². The standard InChI is InChI=1S/C13H22N2O/c1-10(9-15(3)4)14-11(2)12-6-5-7-13(16)8-12/h5-8,10-11,14,16H,9H2,1-4H3. The van der Waals surface area contributed by atoms with E-state index in [9.17, 15) is 5.11 Å². The average Bonchev–Trinajstić information content (AvgIpc) is 2.16. The largest absolute Gasteiger partial charge is 0.508 e. The molecule has 0 heterocycles. The number of hydrogen-bond acceptors (Lipinski definition) is 3. The lowest BCUT2D eigenvalue weighted by Crippen LogP contribution is -2.37. The van der Waals surface area contributed by atoms with Crippen molar-refractivity contribution < 1.29 is 5.11 Å². The summed E-state index contributed by atoms with van der Waals surface area (Å²) in [5.41, 5.74) is 1.12. The van der Waals surface area contributed by atoms with Crippen molar-refractivity contribution in [2.45, 2.75) is 25.9 Å². The van der Waals surface area contributed by atoms with Gasteiger partial charge in [-0.15, -0.1) is 0 Å². The van der Waals surface area contributed by atoms with Crippen LogP contribution in [0.4, 0.5) is 0 Å². The predicted octanol–water partition coefficient (Wildman–Crippen LogP) is 1.99. The molecule has 90 valence electrons. The highest BCUT2D eigenvalue weighted by atomic mass is 16.3. The molecule has 2 atom stereocenters. The van der Waals surface area contributed by atoms with Gasteiger partial charge in [0.25, 0.3) is 0 Å². The summed E-state index contributed by atoms with van der Waals surface area (Å²) in [5, 5.41) is 12.9. The van der Waals surface area contributed by atoms with Crippen LogP contribution < -0.4 is 5.32 Å². The number of phenolic OH excluding ortho intramolecular Hbond substituents is 1. The van der Waals surface area contributed by atoms with Gasteiger partial charge in [-0.05, 0) is 45.6 Å². The SMILES string of the molecule is CC(CN(C)C)NC(C)c1cccc(O)c1. The van der Waals surface area contributed by atoms with E-state index in [1.54, 1.807) is 12.1 Å². The topological polar surface area (TPSA) is 35.5 Å². The molecule has 0 bridgehead atoms. The van der Waals surface area contributed by atoms with Gasteiger partial charge in [0.15, 0.2) is 0 Å². The van der Waals surface area contributed by atoms with E-state index in [1.165, 1.54) is 0 Å². The Bertz CT molecular complexity index is 325. The van der Waals surface area contributed by atoms with E-state index < -0.39 is 0 Å². The van der Waals surface area contributed by atoms with Crippen molar-refractivity contribution in [2.75, 3.05) is 20.6 Å². The summed E-state index contributed by atoms with van der Waals surface area (Å²) in [5.74, 6) is 0.325. The summed E-state index contributed by atoms with van der Waals surface area (Å²) in [4.78, 5) is 2.16. The highest BCUT2D eigenvalue weighted by molar-refractivity contribution is 5.29. The zero-order valence-electron chi connectivity index (χ0n) is 10.6. The third-order valence-corrected chi connectivity index (χ3v) is 2.54. The molecule has 0 fully saturated rings. The summed E-state index contributed by atoms with van der Waals surface area (Å²) in [6.07, 6.45) is 0. The van der Waals surface area contributed by atoms with E-state index in [1.807, 2.05) is 12.1 Å². The first-order chi connectivity index (χ1) is 7.49. The van der Waals surface area contributed by atoms with Crippen LogP contribution in [0.3, 0.4) is 0 Å². The van der Waals surface area contributed by atoms with Crippen LogP contribution in [0.25, 0.3) is 0 Å². The molecule has 0 saturated heterocycles. The minimum absolute atomic E-state index is 0.252. The Morgan fingerprint density at radius 3 is 2.56 bits per heavy atom. The Kier molecular flexibility index (Phi) is 4.77. The molecule has 0 saturated carbocycles. The molecule has 0 aliphatic rings. The lowest BCUT2D eigenvalue weighted by molar-refractivity contribution is 0.334. The molecule has 0 spiro atoms. The van der Waals surface area contributed by atoms with Crippen LogP contribution in [0, 0.1) is 0 Å². The molecular formula is C13H22N2O. The minimum Gasteiger partial charge on any atom is -0.508 e. The van der Waals surface area contributed by atoms with Crippen molar-refractivity contribution in [1.82, 2.24) is 10.2 Å². The smallest absolute Gasteiger partial charge is 0.115 e. The van der Waals surface area contributed by atoms with Crippen LogP contribution in [-0.4, -0.2) is 36.7 Å². The molecule has 0 aliphatic carbocycles. The van der Waals surface area contributed by atoms with Crippen LogP contribution >= 0.6 is 0 Å². The van der Waals surface area contributed by atoms with Gasteiger partial charge in [0.2, 0.25) is 0 Å². The van der Waals surface area contributed by atoms with Gasteiger partial charge < -0.3 is 15.3 Å². The lowest BCUT2D eigenvalue weighted by Gasteiger charge is -2.23. The summed E-state index contributed by atoms with van der Waals surface area (Å²) < 4.78 is 0. The lowest BCUT2D eigenvalue weighted by atomic mass is 10.1. The van der Waals surface area contributed by atoms with Gasteiger partial charge in [-0.2, -0.15) is 0 Å². The molecule has 16 heavy (non-hydrogen) atoms. The van der Waals surface area contributed by atoms with E-state index in [0.29, 0.717) is 11.8 Å². The summed E-state index contributed by atoms with van der Waals surface area (Å²) in [6, 6.07) is 8.08. The van der Waals surface area contributed by atoms with Gasteiger partial charge >= 0.3 is 0 Å². The molecule has 0 aromatic heterocycles. The predicted molar refractivity (Wildman–Crippen MR) is 67.7 cm³/mol. The van der Waals surface area contributed by atoms with Crippen LogP contribution in [0.15, 0.2) is 24.3 Å². The number of likely N-dealkylation sites (N-methyl/N-ethyl adjacent to an activating group) is 1. The van der Waals surface area contributed by atoms with Crippen molar-refractivity contribution in [2.24, 2.45) is 0 Å².